The molecule has 1 nitrogen and oxygen atoms in total. The Morgan fingerprint density at radius 2 is 1.84 bits per heavy atom. The first-order chi connectivity index (χ1) is 8.97. The molecule has 0 saturated carbocycles. The van der Waals surface area contributed by atoms with Crippen LogP contribution in [0.2, 0.25) is 5.02 Å². The predicted molar refractivity (Wildman–Crippen MR) is 76.0 cm³/mol. The number of aliphatic hydroxyl groups is 1. The Kier molecular flexibility index (Phi) is 4.23. The van der Waals surface area contributed by atoms with Crippen molar-refractivity contribution in [2.24, 2.45) is 0 Å². The van der Waals surface area contributed by atoms with Gasteiger partial charge in [0.2, 0.25) is 0 Å². The van der Waals surface area contributed by atoms with E-state index in [0.29, 0.717) is 10.6 Å². The average molecular weight is 279 g/mol. The Morgan fingerprint density at radius 1 is 1.11 bits per heavy atom. The molecule has 1 unspecified atom stereocenters. The third kappa shape index (κ3) is 3.34. The van der Waals surface area contributed by atoms with Gasteiger partial charge in [0.15, 0.2) is 0 Å². The number of hydrogen-bond acceptors (Lipinski definition) is 1. The molecule has 100 valence electrons. The van der Waals surface area contributed by atoms with Gasteiger partial charge in [0.1, 0.15) is 5.82 Å². The minimum absolute atomic E-state index is 0.242. The van der Waals surface area contributed by atoms with Crippen LogP contribution in [-0.4, -0.2) is 5.11 Å². The van der Waals surface area contributed by atoms with E-state index in [0.717, 1.165) is 11.1 Å². The summed E-state index contributed by atoms with van der Waals surface area (Å²) >= 11 is 5.71. The topological polar surface area (TPSA) is 20.2 Å². The van der Waals surface area contributed by atoms with E-state index in [1.165, 1.54) is 11.6 Å². The first kappa shape index (κ1) is 14.0. The van der Waals surface area contributed by atoms with Gasteiger partial charge in [0.05, 0.1) is 6.10 Å². The summed E-state index contributed by atoms with van der Waals surface area (Å²) in [6.45, 7) is 4.01. The minimum Gasteiger partial charge on any atom is -0.388 e. The number of benzene rings is 2. The molecule has 0 amide bonds. The van der Waals surface area contributed by atoms with Gasteiger partial charge in [-0.05, 0) is 48.2 Å². The highest BCUT2D eigenvalue weighted by atomic mass is 35.5. The van der Waals surface area contributed by atoms with Crippen molar-refractivity contribution in [2.45, 2.75) is 26.4 Å². The van der Waals surface area contributed by atoms with Crippen LogP contribution in [0.15, 0.2) is 36.4 Å². The fourth-order valence-corrected chi connectivity index (χ4v) is 2.14. The number of rotatable bonds is 3. The summed E-state index contributed by atoms with van der Waals surface area (Å²) in [5.74, 6) is -0.379. The molecule has 0 heterocycles. The Balaban J connectivity index is 2.20. The third-order valence-corrected chi connectivity index (χ3v) is 3.58. The maximum absolute atomic E-state index is 13.7. The van der Waals surface area contributed by atoms with Crippen LogP contribution in [0.4, 0.5) is 4.39 Å². The van der Waals surface area contributed by atoms with E-state index < -0.39 is 6.10 Å². The maximum atomic E-state index is 13.7. The zero-order valence-corrected chi connectivity index (χ0v) is 11.7. The van der Waals surface area contributed by atoms with Crippen molar-refractivity contribution >= 4 is 11.6 Å². The SMILES string of the molecule is Cc1ccc(C(O)Cc2ccc(Cl)cc2F)cc1C. The summed E-state index contributed by atoms with van der Waals surface area (Å²) in [6, 6.07) is 10.3. The maximum Gasteiger partial charge on any atom is 0.127 e. The molecule has 0 saturated heterocycles. The van der Waals surface area contributed by atoms with E-state index in [4.69, 9.17) is 11.6 Å². The first-order valence-corrected chi connectivity index (χ1v) is 6.54. The second-order valence-electron chi connectivity index (χ2n) is 4.80. The van der Waals surface area contributed by atoms with Gasteiger partial charge in [-0.3, -0.25) is 0 Å². The number of aliphatic hydroxyl groups excluding tert-OH is 1. The smallest absolute Gasteiger partial charge is 0.127 e. The highest BCUT2D eigenvalue weighted by molar-refractivity contribution is 6.30. The monoisotopic (exact) mass is 278 g/mol. The fraction of sp³-hybridized carbons (Fsp3) is 0.250. The molecule has 0 aromatic heterocycles. The lowest BCUT2D eigenvalue weighted by Crippen LogP contribution is -2.04. The second-order valence-corrected chi connectivity index (χ2v) is 5.24. The molecule has 1 N–H and O–H groups in total. The molecule has 19 heavy (non-hydrogen) atoms. The van der Waals surface area contributed by atoms with Gasteiger partial charge in [-0.25, -0.2) is 4.39 Å². The molecule has 0 aliphatic rings. The Morgan fingerprint density at radius 3 is 2.47 bits per heavy atom. The highest BCUT2D eigenvalue weighted by Gasteiger charge is 2.12. The standard InChI is InChI=1S/C16H16ClFO/c1-10-3-4-13(7-11(10)2)16(19)8-12-5-6-14(17)9-15(12)18/h3-7,9,16,19H,8H2,1-2H3. The van der Waals surface area contributed by atoms with E-state index in [-0.39, 0.29) is 12.2 Å². The normalized spacial score (nSPS) is 12.5. The summed E-state index contributed by atoms with van der Waals surface area (Å²) in [6.07, 6.45) is -0.471. The molecule has 1 atom stereocenters. The third-order valence-electron chi connectivity index (χ3n) is 3.34. The van der Waals surface area contributed by atoms with Crippen molar-refractivity contribution in [3.05, 3.63) is 69.5 Å². The zero-order valence-electron chi connectivity index (χ0n) is 11.0. The van der Waals surface area contributed by atoms with Crippen LogP contribution in [0.1, 0.15) is 28.4 Å². The van der Waals surface area contributed by atoms with Gasteiger partial charge in [0.25, 0.3) is 0 Å². The molecule has 0 bridgehead atoms. The molecular formula is C16H16ClFO. The van der Waals surface area contributed by atoms with Gasteiger partial charge in [-0.15, -0.1) is 0 Å². The number of hydrogen-bond donors (Lipinski definition) is 1. The van der Waals surface area contributed by atoms with Crippen LogP contribution >= 0.6 is 11.6 Å². The molecule has 0 radical (unpaired) electrons. The van der Waals surface area contributed by atoms with Crippen LogP contribution in [0.25, 0.3) is 0 Å². The summed E-state index contributed by atoms with van der Waals surface area (Å²) < 4.78 is 13.7. The lowest BCUT2D eigenvalue weighted by atomic mass is 9.98. The quantitative estimate of drug-likeness (QED) is 0.884. The molecule has 0 aliphatic carbocycles. The van der Waals surface area contributed by atoms with Crippen LogP contribution in [0, 0.1) is 19.7 Å². The van der Waals surface area contributed by atoms with E-state index in [1.54, 1.807) is 12.1 Å². The fourth-order valence-electron chi connectivity index (χ4n) is 1.99. The van der Waals surface area contributed by atoms with Crippen molar-refractivity contribution in [3.63, 3.8) is 0 Å². The van der Waals surface area contributed by atoms with Gasteiger partial charge in [-0.1, -0.05) is 35.9 Å². The molecule has 2 aromatic rings. The number of aryl methyl sites for hydroxylation is 2. The van der Waals surface area contributed by atoms with Gasteiger partial charge >= 0.3 is 0 Å². The highest BCUT2D eigenvalue weighted by Crippen LogP contribution is 2.23. The van der Waals surface area contributed by atoms with Gasteiger partial charge in [-0.2, -0.15) is 0 Å². The average Bonchev–Trinajstić information content (AvgIpc) is 2.36. The van der Waals surface area contributed by atoms with Crippen LogP contribution < -0.4 is 0 Å². The lowest BCUT2D eigenvalue weighted by Gasteiger charge is -2.13. The van der Waals surface area contributed by atoms with Crippen molar-refractivity contribution < 1.29 is 9.50 Å². The summed E-state index contributed by atoms with van der Waals surface area (Å²) in [5, 5.41) is 10.5. The molecule has 3 heteroatoms. The van der Waals surface area contributed by atoms with Gasteiger partial charge < -0.3 is 5.11 Å². The van der Waals surface area contributed by atoms with Crippen LogP contribution in [0.5, 0.6) is 0 Å². The predicted octanol–water partition coefficient (Wildman–Crippen LogP) is 4.37. The van der Waals surface area contributed by atoms with Crippen LogP contribution in [-0.2, 0) is 6.42 Å². The van der Waals surface area contributed by atoms with E-state index in [9.17, 15) is 9.50 Å². The van der Waals surface area contributed by atoms with Crippen molar-refractivity contribution in [1.29, 1.82) is 0 Å². The van der Waals surface area contributed by atoms with Gasteiger partial charge in [0, 0.05) is 11.4 Å². The molecule has 0 aliphatic heterocycles. The van der Waals surface area contributed by atoms with E-state index in [2.05, 4.69) is 0 Å². The molecular weight excluding hydrogens is 263 g/mol. The molecule has 0 spiro atoms. The lowest BCUT2D eigenvalue weighted by molar-refractivity contribution is 0.177. The molecule has 0 fully saturated rings. The minimum atomic E-state index is -0.713. The molecule has 2 rings (SSSR count). The van der Waals surface area contributed by atoms with E-state index >= 15 is 0 Å². The Hall–Kier alpha value is -1.38. The zero-order chi connectivity index (χ0) is 14.0. The number of halogens is 2. The van der Waals surface area contributed by atoms with Crippen molar-refractivity contribution in [3.8, 4) is 0 Å². The Labute approximate surface area is 117 Å². The first-order valence-electron chi connectivity index (χ1n) is 6.16. The second kappa shape index (κ2) is 5.72. The molecule has 2 aromatic carbocycles. The van der Waals surface area contributed by atoms with Crippen LogP contribution in [0.3, 0.4) is 0 Å². The Bertz CT molecular complexity index is 595. The largest absolute Gasteiger partial charge is 0.388 e. The summed E-state index contributed by atoms with van der Waals surface area (Å²) in [5.41, 5.74) is 3.56. The summed E-state index contributed by atoms with van der Waals surface area (Å²) in [4.78, 5) is 0. The van der Waals surface area contributed by atoms with Crippen molar-refractivity contribution in [1.82, 2.24) is 0 Å². The van der Waals surface area contributed by atoms with E-state index in [1.807, 2.05) is 32.0 Å². The van der Waals surface area contributed by atoms with Crippen molar-refractivity contribution in [2.75, 3.05) is 0 Å². The summed E-state index contributed by atoms with van der Waals surface area (Å²) in [7, 11) is 0.